The van der Waals surface area contributed by atoms with E-state index in [4.69, 9.17) is 14.2 Å². The quantitative estimate of drug-likeness (QED) is 0.159. The third-order valence-electron chi connectivity index (χ3n) is 9.39. The van der Waals surface area contributed by atoms with Crippen LogP contribution in [0.25, 0.3) is 0 Å². The summed E-state index contributed by atoms with van der Waals surface area (Å²) in [6, 6.07) is 20.3. The summed E-state index contributed by atoms with van der Waals surface area (Å²) in [4.78, 5) is 41.8. The number of ether oxygens (including phenoxy) is 3. The topological polar surface area (TPSA) is 121 Å². The maximum absolute atomic E-state index is 14.3. The second-order valence-electron chi connectivity index (χ2n) is 13.2. The summed E-state index contributed by atoms with van der Waals surface area (Å²) in [5, 5.41) is 5.79. The van der Waals surface area contributed by atoms with E-state index < -0.39 is 29.7 Å². The first-order valence-corrected chi connectivity index (χ1v) is 17.6. The van der Waals surface area contributed by atoms with Gasteiger partial charge >= 0.3 is 12.3 Å². The van der Waals surface area contributed by atoms with Crippen molar-refractivity contribution in [1.29, 1.82) is 0 Å². The Morgan fingerprint density at radius 1 is 0.927 bits per heavy atom. The van der Waals surface area contributed by atoms with E-state index in [1.54, 1.807) is 43.3 Å². The number of likely N-dealkylation sites (N-methyl/N-ethyl adjacent to an activating group) is 1. The molecule has 1 aromatic heterocycles. The number of nitrogens with zero attached hydrogens (tertiary/aromatic N) is 5. The minimum Gasteiger partial charge on any atom is -0.497 e. The Morgan fingerprint density at radius 3 is 2.40 bits per heavy atom. The Hall–Kier alpha value is -5.93. The lowest BCUT2D eigenvalue weighted by Gasteiger charge is -2.36. The molecule has 2 aliphatic rings. The number of nitrogens with one attached hydrogen (secondary N) is 2. The Bertz CT molecular complexity index is 2070. The largest absolute Gasteiger partial charge is 0.497 e. The normalized spacial score (nSPS) is 16.4. The van der Waals surface area contributed by atoms with Crippen LogP contribution in [0.4, 0.5) is 46.8 Å². The molecule has 12 nitrogen and oxygen atoms in total. The average molecular weight is 758 g/mol. The van der Waals surface area contributed by atoms with Gasteiger partial charge in [0.05, 0.1) is 19.9 Å². The van der Waals surface area contributed by atoms with Crippen LogP contribution in [0.15, 0.2) is 102 Å². The number of para-hydroxylation sites is 1. The molecule has 2 heterocycles. The van der Waals surface area contributed by atoms with Crippen LogP contribution in [-0.4, -0.2) is 91.9 Å². The van der Waals surface area contributed by atoms with Crippen LogP contribution in [0.5, 0.6) is 17.2 Å². The van der Waals surface area contributed by atoms with Crippen LogP contribution in [0.2, 0.25) is 0 Å². The number of aromatic nitrogens is 2. The monoisotopic (exact) mass is 757 g/mol. The van der Waals surface area contributed by atoms with Gasteiger partial charge in [0.15, 0.2) is 0 Å². The fraction of sp³-hybridized carbons (Fsp3) is 0.300. The van der Waals surface area contributed by atoms with E-state index >= 15 is 0 Å². The van der Waals surface area contributed by atoms with Crippen molar-refractivity contribution in [1.82, 2.24) is 19.8 Å². The predicted molar refractivity (Wildman–Crippen MR) is 204 cm³/mol. The molecule has 0 saturated carbocycles. The Morgan fingerprint density at radius 2 is 1.69 bits per heavy atom. The van der Waals surface area contributed by atoms with Gasteiger partial charge in [-0.3, -0.25) is 4.79 Å². The second-order valence-corrected chi connectivity index (χ2v) is 13.2. The number of benzene rings is 3. The van der Waals surface area contributed by atoms with Crippen LogP contribution >= 0.6 is 0 Å². The third-order valence-corrected chi connectivity index (χ3v) is 9.39. The first kappa shape index (κ1) is 38.8. The lowest BCUT2D eigenvalue weighted by atomic mass is 9.87. The molecule has 55 heavy (non-hydrogen) atoms. The fourth-order valence-electron chi connectivity index (χ4n) is 6.33. The smallest absolute Gasteiger partial charge is 0.425 e. The number of hydrogen-bond acceptors (Lipinski definition) is 10. The number of carbonyl (C=O) groups excluding carboxylic acids is 2. The van der Waals surface area contributed by atoms with Crippen LogP contribution in [0, 0.1) is 12.8 Å². The number of alkyl halides is 3. The van der Waals surface area contributed by atoms with Crippen LogP contribution in [-0.2, 0) is 4.79 Å². The number of piperazine rings is 1. The highest BCUT2D eigenvalue weighted by molar-refractivity contribution is 6.06. The van der Waals surface area contributed by atoms with Crippen molar-refractivity contribution in [2.45, 2.75) is 19.5 Å². The molecule has 15 heteroatoms. The number of halogens is 3. The van der Waals surface area contributed by atoms with Gasteiger partial charge < -0.3 is 34.6 Å². The zero-order chi connectivity index (χ0) is 39.1. The highest BCUT2D eigenvalue weighted by atomic mass is 19.4. The van der Waals surface area contributed by atoms with E-state index in [-0.39, 0.29) is 53.2 Å². The van der Waals surface area contributed by atoms with Crippen molar-refractivity contribution in [3.8, 4) is 17.2 Å². The van der Waals surface area contributed by atoms with Crippen LogP contribution in [0.3, 0.4) is 0 Å². The van der Waals surface area contributed by atoms with Crippen molar-refractivity contribution < 1.29 is 37.0 Å². The molecule has 1 unspecified atom stereocenters. The number of amides is 2. The predicted octanol–water partition coefficient (Wildman–Crippen LogP) is 7.50. The lowest BCUT2D eigenvalue weighted by Crippen LogP contribution is -2.47. The van der Waals surface area contributed by atoms with Crippen molar-refractivity contribution in [2.24, 2.45) is 5.92 Å². The molecule has 2 N–H and O–H groups in total. The Kier molecular flexibility index (Phi) is 12.0. The second kappa shape index (κ2) is 17.0. The molecule has 1 aliphatic carbocycles. The molecule has 288 valence electrons. The van der Waals surface area contributed by atoms with Crippen molar-refractivity contribution in [3.05, 3.63) is 108 Å². The number of anilines is 5. The summed E-state index contributed by atoms with van der Waals surface area (Å²) in [6.45, 7) is 4.92. The maximum atomic E-state index is 14.3. The van der Waals surface area contributed by atoms with Crippen molar-refractivity contribution >= 4 is 40.8 Å². The van der Waals surface area contributed by atoms with Gasteiger partial charge in [-0.05, 0) is 62.4 Å². The summed E-state index contributed by atoms with van der Waals surface area (Å²) in [5.74, 6) is -0.288. The first-order valence-electron chi connectivity index (χ1n) is 17.6. The molecule has 4 aromatic rings. The van der Waals surface area contributed by atoms with Crippen LogP contribution < -0.4 is 29.7 Å². The molecule has 1 fully saturated rings. The summed E-state index contributed by atoms with van der Waals surface area (Å²) in [6.07, 6.45) is -1.42. The average Bonchev–Trinajstić information content (AvgIpc) is 3.17. The number of hydrogen-bond donors (Lipinski definition) is 2. The van der Waals surface area contributed by atoms with Gasteiger partial charge in [0, 0.05) is 85.6 Å². The maximum Gasteiger partial charge on any atom is 0.425 e. The number of aryl methyl sites for hydroxylation is 1. The molecule has 0 radical (unpaired) electrons. The molecular weight excluding hydrogens is 715 g/mol. The van der Waals surface area contributed by atoms with E-state index in [1.807, 2.05) is 42.3 Å². The number of carbonyl (C=O) groups is 2. The van der Waals surface area contributed by atoms with Gasteiger partial charge in [-0.2, -0.15) is 18.2 Å². The van der Waals surface area contributed by atoms with Gasteiger partial charge in [-0.1, -0.05) is 30.3 Å². The summed E-state index contributed by atoms with van der Waals surface area (Å²) in [5.41, 5.74) is 0.948. The number of methoxy groups -OCH3 is 2. The van der Waals surface area contributed by atoms with Gasteiger partial charge in [0.1, 0.15) is 23.1 Å². The fourth-order valence-corrected chi connectivity index (χ4v) is 6.33. The van der Waals surface area contributed by atoms with Gasteiger partial charge in [-0.25, -0.2) is 14.7 Å². The Labute approximate surface area is 317 Å². The van der Waals surface area contributed by atoms with E-state index in [0.717, 1.165) is 24.9 Å². The molecule has 1 atom stereocenters. The number of allylic oxidation sites excluding steroid dienone is 1. The molecule has 6 rings (SSSR count). The van der Waals surface area contributed by atoms with Gasteiger partial charge in [-0.15, -0.1) is 0 Å². The van der Waals surface area contributed by atoms with Crippen molar-refractivity contribution in [3.63, 3.8) is 0 Å². The lowest BCUT2D eigenvalue weighted by molar-refractivity contribution is -0.112. The molecular formula is C40H42F3N7O5. The van der Waals surface area contributed by atoms with Crippen LogP contribution in [0.1, 0.15) is 12.0 Å². The molecule has 0 bridgehead atoms. The van der Waals surface area contributed by atoms with E-state index in [1.165, 1.54) is 37.4 Å². The minimum absolute atomic E-state index is 0.0769. The SMILES string of the molecule is COc1ccc(N(C(=O)Oc2cc(NC(=O)C3=CCC(CN4CCN(C)CC4)C(C(F)(F)F)=C3)ccc2C)c2ccnc(Nc3ccccc3)n2)c(OC)c1. The first-order chi connectivity index (χ1) is 26.4. The molecule has 2 amide bonds. The molecule has 1 aliphatic heterocycles. The summed E-state index contributed by atoms with van der Waals surface area (Å²) in [7, 11) is 4.94. The van der Waals surface area contributed by atoms with E-state index in [2.05, 4.69) is 25.5 Å². The van der Waals surface area contributed by atoms with Gasteiger partial charge in [0.2, 0.25) is 5.95 Å². The minimum atomic E-state index is -4.59. The van der Waals surface area contributed by atoms with Crippen molar-refractivity contribution in [2.75, 3.05) is 69.5 Å². The molecule has 0 spiro atoms. The molecule has 1 saturated heterocycles. The van der Waals surface area contributed by atoms with Gasteiger partial charge in [0.25, 0.3) is 5.91 Å². The summed E-state index contributed by atoms with van der Waals surface area (Å²) >= 11 is 0. The number of rotatable bonds is 11. The zero-order valence-electron chi connectivity index (χ0n) is 30.9. The zero-order valence-corrected chi connectivity index (χ0v) is 30.9. The summed E-state index contributed by atoms with van der Waals surface area (Å²) < 4.78 is 59.7. The van der Waals surface area contributed by atoms with E-state index in [0.29, 0.717) is 24.4 Å². The standard InChI is InChI=1S/C40H42F3N7O5/c1-26-10-13-30(45-37(51)27-11-12-28(32(22-27)40(41,42)43)25-49-20-18-48(2)19-21-49)23-34(26)55-39(52)50(33-15-14-31(53-3)24-35(33)54-4)36-16-17-44-38(47-36)46-29-8-6-5-7-9-29/h5-11,13-17,22-24,28H,12,18-21,25H2,1-4H3,(H,45,51)(H,44,46,47). The van der Waals surface area contributed by atoms with E-state index in [9.17, 15) is 22.8 Å². The highest BCUT2D eigenvalue weighted by Gasteiger charge is 2.41. The molecule has 3 aromatic carbocycles. The third kappa shape index (κ3) is 9.60. The Balaban J connectivity index is 1.23. The highest BCUT2D eigenvalue weighted by Crippen LogP contribution is 2.39.